The third kappa shape index (κ3) is 44.4. The topological polar surface area (TPSA) is 216 Å². The molecule has 0 spiro atoms. The zero-order chi connectivity index (χ0) is 45.5. The number of aliphatic hydroxyl groups is 2. The first-order chi connectivity index (χ1) is 29.1. The number of rotatable bonds is 42. The maximum Gasteiger partial charge on any atom is 0.472 e. The Hall–Kier alpha value is -1.96. The van der Waals surface area contributed by atoms with Gasteiger partial charge in [-0.2, -0.15) is 0 Å². The number of esters is 2. The fourth-order valence-corrected chi connectivity index (χ4v) is 7.07. The Kier molecular flexibility index (Phi) is 38.3. The van der Waals surface area contributed by atoms with Crippen LogP contribution in [0.3, 0.4) is 0 Å². The number of carbonyl (C=O) groups is 2. The van der Waals surface area contributed by atoms with Crippen molar-refractivity contribution < 1.29 is 66.7 Å². The van der Waals surface area contributed by atoms with E-state index in [0.29, 0.717) is 19.3 Å². The molecule has 0 aliphatic heterocycles. The highest BCUT2D eigenvalue weighted by atomic mass is 31.2. The van der Waals surface area contributed by atoms with E-state index >= 15 is 0 Å². The fraction of sp³-hybridized carbons (Fsp3) is 0.778. The molecule has 0 bridgehead atoms. The smallest absolute Gasteiger partial charge is 0.462 e. The monoisotopic (exact) mass is 909 g/mol. The van der Waals surface area contributed by atoms with Crippen LogP contribution in [0.4, 0.5) is 0 Å². The van der Waals surface area contributed by atoms with Crippen molar-refractivity contribution in [3.63, 3.8) is 0 Å². The number of phosphoric ester groups is 2. The van der Waals surface area contributed by atoms with Gasteiger partial charge in [-0.05, 0) is 63.7 Å². The number of hydrogen-bond donors (Lipinski definition) is 5. The van der Waals surface area contributed by atoms with E-state index in [0.717, 1.165) is 63.7 Å². The van der Waals surface area contributed by atoms with Crippen LogP contribution in [-0.4, -0.2) is 81.6 Å². The van der Waals surface area contributed by atoms with E-state index in [1.807, 2.05) is 19.1 Å². The normalized spacial score (nSPS) is 15.0. The highest BCUT2D eigenvalue weighted by molar-refractivity contribution is 7.47. The van der Waals surface area contributed by atoms with E-state index in [2.05, 4.69) is 59.4 Å². The summed E-state index contributed by atoms with van der Waals surface area (Å²) in [5.41, 5.74) is 0. The summed E-state index contributed by atoms with van der Waals surface area (Å²) in [6.07, 6.45) is 36.3. The molecule has 0 aromatic carbocycles. The minimum Gasteiger partial charge on any atom is -0.462 e. The van der Waals surface area contributed by atoms with Crippen molar-refractivity contribution in [3.05, 3.63) is 48.6 Å². The molecule has 0 amide bonds. The molecule has 0 heterocycles. The van der Waals surface area contributed by atoms with Crippen molar-refractivity contribution in [2.45, 2.75) is 193 Å². The van der Waals surface area contributed by atoms with Gasteiger partial charge < -0.3 is 34.4 Å². The molecule has 14 nitrogen and oxygen atoms in total. The van der Waals surface area contributed by atoms with Gasteiger partial charge in [-0.25, -0.2) is 9.13 Å². The molecule has 0 aliphatic rings. The molecular formula is C45H82O14P2. The number of ether oxygens (including phenoxy) is 2. The van der Waals surface area contributed by atoms with Crippen molar-refractivity contribution in [3.8, 4) is 0 Å². The predicted molar refractivity (Wildman–Crippen MR) is 240 cm³/mol. The van der Waals surface area contributed by atoms with Crippen molar-refractivity contribution in [2.24, 2.45) is 5.92 Å². The van der Waals surface area contributed by atoms with Crippen LogP contribution in [0.2, 0.25) is 0 Å². The minimum atomic E-state index is -4.87. The summed E-state index contributed by atoms with van der Waals surface area (Å²) in [4.78, 5) is 52.7. The molecule has 0 fully saturated rings. The van der Waals surface area contributed by atoms with Gasteiger partial charge in [0, 0.05) is 12.8 Å². The summed E-state index contributed by atoms with van der Waals surface area (Å²) in [6.45, 7) is 3.74. The van der Waals surface area contributed by atoms with Crippen LogP contribution in [0, 0.1) is 5.92 Å². The number of unbranched alkanes of at least 4 members (excludes halogenated alkanes) is 13. The number of aliphatic hydroxyl groups excluding tert-OH is 2. The molecule has 0 saturated heterocycles. The molecule has 61 heavy (non-hydrogen) atoms. The van der Waals surface area contributed by atoms with Crippen LogP contribution in [-0.2, 0) is 41.8 Å². The molecule has 0 aromatic rings. The standard InChI is InChI=1S/C45H82O14P2/c1-4-41(46)33-29-25-21-17-13-9-5-6-10-15-19-23-27-31-35-45(49)59-43(39-58-61(53,54)57-37-42(47)36-56-60(50,51)52)38-55-44(48)34-30-26-22-18-14-11-7-8-12-16-20-24-28-32-40(2)3/h6,9-10,13,19,21,23,25,40-43,46-47H,4-5,7-8,11-12,14-18,20,22,24,26-39H2,1-3H3,(H,53,54)(H2,50,51,52)/b10-6-,13-9-,23-19-,25-21-/t41-,42+,43-/m1/s1. The molecule has 356 valence electrons. The maximum atomic E-state index is 12.7. The van der Waals surface area contributed by atoms with Gasteiger partial charge in [-0.3, -0.25) is 23.2 Å². The van der Waals surface area contributed by atoms with E-state index in [1.165, 1.54) is 64.2 Å². The second-order valence-corrected chi connectivity index (χ2v) is 18.6. The fourth-order valence-electron chi connectivity index (χ4n) is 5.92. The van der Waals surface area contributed by atoms with Crippen molar-refractivity contribution in [1.29, 1.82) is 0 Å². The molecular weight excluding hydrogens is 826 g/mol. The van der Waals surface area contributed by atoms with Crippen LogP contribution in [0.15, 0.2) is 48.6 Å². The predicted octanol–water partition coefficient (Wildman–Crippen LogP) is 10.7. The summed E-state index contributed by atoms with van der Waals surface area (Å²) >= 11 is 0. The molecule has 5 N–H and O–H groups in total. The number of allylic oxidation sites excluding steroid dienone is 8. The highest BCUT2D eigenvalue weighted by Crippen LogP contribution is 2.43. The van der Waals surface area contributed by atoms with Crippen LogP contribution >= 0.6 is 15.6 Å². The number of hydrogen-bond acceptors (Lipinski definition) is 11. The van der Waals surface area contributed by atoms with Gasteiger partial charge >= 0.3 is 27.6 Å². The van der Waals surface area contributed by atoms with Crippen LogP contribution < -0.4 is 0 Å². The first-order valence-electron chi connectivity index (χ1n) is 22.8. The lowest BCUT2D eigenvalue weighted by molar-refractivity contribution is -0.161. The zero-order valence-electron chi connectivity index (χ0n) is 37.5. The maximum absolute atomic E-state index is 12.7. The van der Waals surface area contributed by atoms with E-state index in [1.54, 1.807) is 0 Å². The quantitative estimate of drug-likeness (QED) is 0.0167. The molecule has 0 aliphatic carbocycles. The van der Waals surface area contributed by atoms with Gasteiger partial charge in [-0.1, -0.05) is 153 Å². The second kappa shape index (κ2) is 39.6. The molecule has 1 unspecified atom stereocenters. The van der Waals surface area contributed by atoms with Gasteiger partial charge in [0.25, 0.3) is 0 Å². The van der Waals surface area contributed by atoms with Gasteiger partial charge in [0.15, 0.2) is 6.10 Å². The lowest BCUT2D eigenvalue weighted by Gasteiger charge is -2.20. The lowest BCUT2D eigenvalue weighted by atomic mass is 10.0. The second-order valence-electron chi connectivity index (χ2n) is 15.9. The zero-order valence-corrected chi connectivity index (χ0v) is 39.3. The first-order valence-corrected chi connectivity index (χ1v) is 25.8. The van der Waals surface area contributed by atoms with Crippen molar-refractivity contribution in [1.82, 2.24) is 0 Å². The molecule has 0 rings (SSSR count). The van der Waals surface area contributed by atoms with Crippen molar-refractivity contribution in [2.75, 3.05) is 26.4 Å². The van der Waals surface area contributed by atoms with Gasteiger partial charge in [0.05, 0.1) is 25.9 Å². The first kappa shape index (κ1) is 59.0. The van der Waals surface area contributed by atoms with Gasteiger partial charge in [0.1, 0.15) is 12.7 Å². The SMILES string of the molecule is CC[C@@H](O)CC/C=C\C/C=C\C/C=C\C/C=C\CCCC(=O)O[C@H](COC(=O)CCCCCCCCCCCCCCCC(C)C)COP(=O)(O)OC[C@@H](O)COP(=O)(O)O. The Bertz CT molecular complexity index is 1300. The molecule has 0 saturated carbocycles. The number of phosphoric acid groups is 2. The van der Waals surface area contributed by atoms with E-state index < -0.39 is 66.2 Å². The van der Waals surface area contributed by atoms with Crippen LogP contribution in [0.5, 0.6) is 0 Å². The summed E-state index contributed by atoms with van der Waals surface area (Å²) in [5, 5.41) is 19.3. The van der Waals surface area contributed by atoms with Gasteiger partial charge in [-0.15, -0.1) is 0 Å². The third-order valence-corrected chi connectivity index (χ3v) is 11.0. The average Bonchev–Trinajstić information content (AvgIpc) is 3.21. The van der Waals surface area contributed by atoms with E-state index in [9.17, 15) is 33.8 Å². The Morgan fingerprint density at radius 1 is 0.525 bits per heavy atom. The Balaban J connectivity index is 4.59. The van der Waals surface area contributed by atoms with E-state index in [4.69, 9.17) is 23.8 Å². The van der Waals surface area contributed by atoms with Crippen LogP contribution in [0.25, 0.3) is 0 Å². The average molecular weight is 909 g/mol. The van der Waals surface area contributed by atoms with E-state index in [-0.39, 0.29) is 18.9 Å². The Morgan fingerprint density at radius 2 is 0.984 bits per heavy atom. The largest absolute Gasteiger partial charge is 0.472 e. The third-order valence-electron chi connectivity index (χ3n) is 9.55. The summed E-state index contributed by atoms with van der Waals surface area (Å²) in [7, 11) is -9.70. The molecule has 16 heteroatoms. The Morgan fingerprint density at radius 3 is 1.51 bits per heavy atom. The lowest BCUT2D eigenvalue weighted by Crippen LogP contribution is -2.29. The molecule has 0 aromatic heterocycles. The van der Waals surface area contributed by atoms with Crippen molar-refractivity contribution >= 4 is 27.6 Å². The summed E-state index contributed by atoms with van der Waals surface area (Å²) in [5.74, 6) is -0.314. The summed E-state index contributed by atoms with van der Waals surface area (Å²) in [6, 6.07) is 0. The molecule has 0 radical (unpaired) electrons. The van der Waals surface area contributed by atoms with Crippen LogP contribution in [0.1, 0.15) is 175 Å². The van der Waals surface area contributed by atoms with Gasteiger partial charge in [0.2, 0.25) is 0 Å². The summed E-state index contributed by atoms with van der Waals surface area (Å²) < 4.78 is 47.7. The Labute approximate surface area is 367 Å². The minimum absolute atomic E-state index is 0.0423. The number of carbonyl (C=O) groups excluding carboxylic acids is 2. The molecule has 4 atom stereocenters. The highest BCUT2D eigenvalue weighted by Gasteiger charge is 2.28.